The van der Waals surface area contributed by atoms with Crippen LogP contribution in [0, 0.1) is 0 Å². The second kappa shape index (κ2) is 7.65. The van der Waals surface area contributed by atoms with Crippen molar-refractivity contribution in [3.05, 3.63) is 29.8 Å². The Bertz CT molecular complexity index is 351. The number of aliphatic hydroxyl groups is 1. The summed E-state index contributed by atoms with van der Waals surface area (Å²) < 4.78 is 10.5. The zero-order valence-corrected chi connectivity index (χ0v) is 9.46. The Morgan fingerprint density at radius 3 is 2.76 bits per heavy atom. The molecule has 0 unspecified atom stereocenters. The molecule has 0 amide bonds. The third kappa shape index (κ3) is 5.33. The lowest BCUT2D eigenvalue weighted by atomic mass is 10.2. The molecule has 94 valence electrons. The molecule has 0 fully saturated rings. The summed E-state index contributed by atoms with van der Waals surface area (Å²) in [6, 6.07) is 6.30. The Kier molecular flexibility index (Phi) is 6.06. The van der Waals surface area contributed by atoms with Gasteiger partial charge < -0.3 is 19.7 Å². The molecule has 2 N–H and O–H groups in total. The van der Waals surface area contributed by atoms with Crippen molar-refractivity contribution in [1.29, 1.82) is 0 Å². The predicted molar refractivity (Wildman–Crippen MR) is 61.4 cm³/mol. The van der Waals surface area contributed by atoms with Gasteiger partial charge in [-0.3, -0.25) is 0 Å². The highest BCUT2D eigenvalue weighted by atomic mass is 16.5. The van der Waals surface area contributed by atoms with Crippen LogP contribution in [0.5, 0.6) is 5.75 Å². The van der Waals surface area contributed by atoms with Gasteiger partial charge in [0.2, 0.25) is 0 Å². The summed E-state index contributed by atoms with van der Waals surface area (Å²) in [4.78, 5) is 10.7. The molecular weight excluding hydrogens is 224 g/mol. The SMILES string of the molecule is O=C(O)c1cccc(OCCOCCCO)c1. The summed E-state index contributed by atoms with van der Waals surface area (Å²) in [6.07, 6.45) is 0.606. The normalized spacial score (nSPS) is 10.2. The van der Waals surface area contributed by atoms with Gasteiger partial charge in [0.15, 0.2) is 0 Å². The Morgan fingerprint density at radius 1 is 1.24 bits per heavy atom. The molecule has 0 aliphatic carbocycles. The van der Waals surface area contributed by atoms with Crippen LogP contribution >= 0.6 is 0 Å². The Balaban J connectivity index is 2.27. The molecule has 0 radical (unpaired) electrons. The fourth-order valence-electron chi connectivity index (χ4n) is 1.21. The van der Waals surface area contributed by atoms with Crippen LogP contribution in [-0.4, -0.2) is 42.6 Å². The van der Waals surface area contributed by atoms with Gasteiger partial charge in [0, 0.05) is 13.2 Å². The van der Waals surface area contributed by atoms with Gasteiger partial charge in [-0.2, -0.15) is 0 Å². The molecule has 0 spiro atoms. The minimum atomic E-state index is -0.977. The number of benzene rings is 1. The van der Waals surface area contributed by atoms with E-state index in [0.29, 0.717) is 32.0 Å². The van der Waals surface area contributed by atoms with Gasteiger partial charge in [-0.1, -0.05) is 6.07 Å². The first-order valence-electron chi connectivity index (χ1n) is 5.39. The van der Waals surface area contributed by atoms with Crippen LogP contribution in [0.2, 0.25) is 0 Å². The molecule has 0 aliphatic heterocycles. The van der Waals surface area contributed by atoms with Gasteiger partial charge in [0.05, 0.1) is 12.2 Å². The van der Waals surface area contributed by atoms with Crippen LogP contribution < -0.4 is 4.74 Å². The maximum absolute atomic E-state index is 10.7. The lowest BCUT2D eigenvalue weighted by Crippen LogP contribution is -2.08. The summed E-state index contributed by atoms with van der Waals surface area (Å²) in [5.41, 5.74) is 0.198. The van der Waals surface area contributed by atoms with E-state index < -0.39 is 5.97 Å². The van der Waals surface area contributed by atoms with Gasteiger partial charge in [-0.05, 0) is 24.6 Å². The minimum absolute atomic E-state index is 0.113. The predicted octanol–water partition coefficient (Wildman–Crippen LogP) is 1.16. The van der Waals surface area contributed by atoms with E-state index in [0.717, 1.165) is 0 Å². The zero-order valence-electron chi connectivity index (χ0n) is 9.46. The van der Waals surface area contributed by atoms with Crippen LogP contribution in [0.4, 0.5) is 0 Å². The van der Waals surface area contributed by atoms with Crippen LogP contribution in [0.25, 0.3) is 0 Å². The van der Waals surface area contributed by atoms with Crippen molar-refractivity contribution in [2.24, 2.45) is 0 Å². The molecule has 5 heteroatoms. The van der Waals surface area contributed by atoms with Crippen molar-refractivity contribution in [2.75, 3.05) is 26.4 Å². The van der Waals surface area contributed by atoms with Gasteiger partial charge >= 0.3 is 5.97 Å². The molecule has 1 rings (SSSR count). The molecule has 0 saturated heterocycles. The van der Waals surface area contributed by atoms with Crippen LogP contribution in [0.15, 0.2) is 24.3 Å². The fraction of sp³-hybridized carbons (Fsp3) is 0.417. The molecule has 0 saturated carbocycles. The van der Waals surface area contributed by atoms with E-state index >= 15 is 0 Å². The Labute approximate surface area is 99.6 Å². The summed E-state index contributed by atoms with van der Waals surface area (Å²) in [5, 5.41) is 17.3. The standard InChI is InChI=1S/C12H16O5/c13-5-2-6-16-7-8-17-11-4-1-3-10(9-11)12(14)15/h1,3-4,9,13H,2,5-8H2,(H,14,15). The number of ether oxygens (including phenoxy) is 2. The largest absolute Gasteiger partial charge is 0.491 e. The van der Waals surface area contributed by atoms with Crippen molar-refractivity contribution in [2.45, 2.75) is 6.42 Å². The van der Waals surface area contributed by atoms with E-state index in [-0.39, 0.29) is 12.2 Å². The van der Waals surface area contributed by atoms with Gasteiger partial charge in [0.1, 0.15) is 12.4 Å². The number of hydrogen-bond donors (Lipinski definition) is 2. The Hall–Kier alpha value is -1.59. The molecule has 0 atom stereocenters. The molecule has 0 heterocycles. The van der Waals surface area contributed by atoms with Crippen molar-refractivity contribution in [3.8, 4) is 5.75 Å². The van der Waals surface area contributed by atoms with E-state index in [9.17, 15) is 4.79 Å². The number of aromatic carboxylic acids is 1. The second-order valence-corrected chi connectivity index (χ2v) is 3.37. The molecular formula is C12H16O5. The summed E-state index contributed by atoms with van der Waals surface area (Å²) in [7, 11) is 0. The zero-order chi connectivity index (χ0) is 12.5. The third-order valence-corrected chi connectivity index (χ3v) is 2.02. The lowest BCUT2D eigenvalue weighted by molar-refractivity contribution is 0.0696. The second-order valence-electron chi connectivity index (χ2n) is 3.37. The highest BCUT2D eigenvalue weighted by molar-refractivity contribution is 5.87. The van der Waals surface area contributed by atoms with Crippen molar-refractivity contribution in [1.82, 2.24) is 0 Å². The smallest absolute Gasteiger partial charge is 0.335 e. The Morgan fingerprint density at radius 2 is 2.06 bits per heavy atom. The molecule has 0 aliphatic rings. The van der Waals surface area contributed by atoms with Crippen molar-refractivity contribution in [3.63, 3.8) is 0 Å². The lowest BCUT2D eigenvalue weighted by Gasteiger charge is -2.07. The monoisotopic (exact) mass is 240 g/mol. The van der Waals surface area contributed by atoms with Crippen LogP contribution in [-0.2, 0) is 4.74 Å². The highest BCUT2D eigenvalue weighted by Gasteiger charge is 2.03. The molecule has 17 heavy (non-hydrogen) atoms. The van der Waals surface area contributed by atoms with Crippen molar-refractivity contribution < 1.29 is 24.5 Å². The maximum Gasteiger partial charge on any atom is 0.335 e. The maximum atomic E-state index is 10.7. The first kappa shape index (κ1) is 13.5. The van der Waals surface area contributed by atoms with E-state index in [2.05, 4.69) is 0 Å². The molecule has 0 bridgehead atoms. The first-order chi connectivity index (χ1) is 8.24. The number of rotatable bonds is 8. The van der Waals surface area contributed by atoms with Gasteiger partial charge in [-0.25, -0.2) is 4.79 Å². The van der Waals surface area contributed by atoms with E-state index in [4.69, 9.17) is 19.7 Å². The van der Waals surface area contributed by atoms with E-state index in [1.807, 2.05) is 0 Å². The number of carboxylic acids is 1. The van der Waals surface area contributed by atoms with Gasteiger partial charge in [0.25, 0.3) is 0 Å². The number of carbonyl (C=O) groups is 1. The van der Waals surface area contributed by atoms with Gasteiger partial charge in [-0.15, -0.1) is 0 Å². The molecule has 1 aromatic carbocycles. The first-order valence-corrected chi connectivity index (χ1v) is 5.39. The molecule has 1 aromatic rings. The topological polar surface area (TPSA) is 76.0 Å². The van der Waals surface area contributed by atoms with Crippen molar-refractivity contribution >= 4 is 5.97 Å². The summed E-state index contributed by atoms with van der Waals surface area (Å²) >= 11 is 0. The number of hydrogen-bond acceptors (Lipinski definition) is 4. The molecule has 5 nitrogen and oxygen atoms in total. The van der Waals surface area contributed by atoms with Crippen LogP contribution in [0.1, 0.15) is 16.8 Å². The van der Waals surface area contributed by atoms with E-state index in [1.165, 1.54) is 12.1 Å². The molecule has 0 aromatic heterocycles. The quantitative estimate of drug-likeness (QED) is 0.667. The average Bonchev–Trinajstić information content (AvgIpc) is 2.34. The van der Waals surface area contributed by atoms with Crippen LogP contribution in [0.3, 0.4) is 0 Å². The summed E-state index contributed by atoms with van der Waals surface area (Å²) in [5.74, 6) is -0.467. The number of aliphatic hydroxyl groups excluding tert-OH is 1. The number of carboxylic acid groups (broad SMARTS) is 1. The highest BCUT2D eigenvalue weighted by Crippen LogP contribution is 2.12. The summed E-state index contributed by atoms with van der Waals surface area (Å²) in [6.45, 7) is 1.38. The third-order valence-electron chi connectivity index (χ3n) is 2.02. The minimum Gasteiger partial charge on any atom is -0.491 e. The average molecular weight is 240 g/mol. The fourth-order valence-corrected chi connectivity index (χ4v) is 1.21. The van der Waals surface area contributed by atoms with E-state index in [1.54, 1.807) is 12.1 Å².